The summed E-state index contributed by atoms with van der Waals surface area (Å²) in [4.78, 5) is 25.1. The molecule has 18 heavy (non-hydrogen) atoms. The van der Waals surface area contributed by atoms with E-state index in [1.807, 2.05) is 0 Å². The molecule has 0 bridgehead atoms. The first-order valence-electron chi connectivity index (χ1n) is 6.12. The van der Waals surface area contributed by atoms with E-state index in [0.29, 0.717) is 26.1 Å². The summed E-state index contributed by atoms with van der Waals surface area (Å²) < 4.78 is 5.42. The Kier molecular flexibility index (Phi) is 5.84. The molecule has 0 radical (unpaired) electrons. The highest BCUT2D eigenvalue weighted by Gasteiger charge is 2.35. The molecule has 7 heteroatoms. The SMILES string of the molecule is Cl.NC(=O)C1CCCCN1C(=O)C1CNCCO1. The van der Waals surface area contributed by atoms with Gasteiger partial charge in [0.2, 0.25) is 5.91 Å². The standard InChI is InChI=1S/C11H19N3O3.ClH/c12-10(15)8-3-1-2-5-14(8)11(16)9-7-13-4-6-17-9;/h8-9,13H,1-7H2,(H2,12,15);1H. The van der Waals surface area contributed by atoms with Gasteiger partial charge in [-0.05, 0) is 19.3 Å². The Morgan fingerprint density at radius 1 is 1.33 bits per heavy atom. The predicted molar refractivity (Wildman–Crippen MR) is 68.4 cm³/mol. The Morgan fingerprint density at radius 3 is 2.72 bits per heavy atom. The van der Waals surface area contributed by atoms with Gasteiger partial charge in [0, 0.05) is 19.6 Å². The van der Waals surface area contributed by atoms with Crippen molar-refractivity contribution in [3.8, 4) is 0 Å². The Morgan fingerprint density at radius 2 is 2.11 bits per heavy atom. The second-order valence-corrected chi connectivity index (χ2v) is 4.51. The molecule has 0 aromatic rings. The van der Waals surface area contributed by atoms with E-state index in [1.54, 1.807) is 4.90 Å². The molecule has 2 atom stereocenters. The minimum absolute atomic E-state index is 0. The van der Waals surface area contributed by atoms with Crippen LogP contribution in [0.3, 0.4) is 0 Å². The Balaban J connectivity index is 0.00000162. The van der Waals surface area contributed by atoms with E-state index < -0.39 is 18.1 Å². The van der Waals surface area contributed by atoms with Crippen molar-refractivity contribution in [1.29, 1.82) is 0 Å². The van der Waals surface area contributed by atoms with Gasteiger partial charge in [-0.3, -0.25) is 9.59 Å². The van der Waals surface area contributed by atoms with Gasteiger partial charge in [0.15, 0.2) is 0 Å². The molecule has 2 amide bonds. The molecule has 2 fully saturated rings. The number of morpholine rings is 1. The maximum Gasteiger partial charge on any atom is 0.253 e. The first-order valence-corrected chi connectivity index (χ1v) is 6.12. The Labute approximate surface area is 113 Å². The lowest BCUT2D eigenvalue weighted by atomic mass is 10.0. The minimum atomic E-state index is -0.469. The number of piperidine rings is 1. The van der Waals surface area contributed by atoms with E-state index in [0.717, 1.165) is 19.4 Å². The van der Waals surface area contributed by atoms with E-state index in [2.05, 4.69) is 5.32 Å². The fourth-order valence-electron chi connectivity index (χ4n) is 2.40. The summed E-state index contributed by atoms with van der Waals surface area (Å²) in [6.07, 6.45) is 2.07. The summed E-state index contributed by atoms with van der Waals surface area (Å²) in [5.41, 5.74) is 5.34. The molecule has 2 unspecified atom stereocenters. The van der Waals surface area contributed by atoms with E-state index >= 15 is 0 Å². The van der Waals surface area contributed by atoms with Crippen LogP contribution in [-0.2, 0) is 14.3 Å². The maximum absolute atomic E-state index is 12.2. The van der Waals surface area contributed by atoms with E-state index in [9.17, 15) is 9.59 Å². The van der Waals surface area contributed by atoms with Gasteiger partial charge in [-0.1, -0.05) is 0 Å². The predicted octanol–water partition coefficient (Wildman–Crippen LogP) is -0.737. The van der Waals surface area contributed by atoms with Crippen molar-refractivity contribution in [2.75, 3.05) is 26.2 Å². The second kappa shape index (κ2) is 6.92. The number of nitrogens with one attached hydrogen (secondary N) is 1. The van der Waals surface area contributed by atoms with Crippen LogP contribution in [-0.4, -0.2) is 55.1 Å². The number of amides is 2. The third-order valence-electron chi connectivity index (χ3n) is 3.32. The van der Waals surface area contributed by atoms with Gasteiger partial charge in [-0.2, -0.15) is 0 Å². The molecule has 2 saturated heterocycles. The number of likely N-dealkylation sites (tertiary alicyclic amines) is 1. The van der Waals surface area contributed by atoms with Crippen molar-refractivity contribution in [3.05, 3.63) is 0 Å². The van der Waals surface area contributed by atoms with Crippen LogP contribution in [0.1, 0.15) is 19.3 Å². The number of rotatable bonds is 2. The number of hydrogen-bond acceptors (Lipinski definition) is 4. The Bertz CT molecular complexity index is 308. The topological polar surface area (TPSA) is 84.7 Å². The number of ether oxygens (including phenoxy) is 1. The van der Waals surface area contributed by atoms with Crippen LogP contribution in [0.4, 0.5) is 0 Å². The lowest BCUT2D eigenvalue weighted by Crippen LogP contribution is -2.56. The van der Waals surface area contributed by atoms with Crippen molar-refractivity contribution in [1.82, 2.24) is 10.2 Å². The summed E-state index contributed by atoms with van der Waals surface area (Å²) >= 11 is 0. The van der Waals surface area contributed by atoms with E-state index in [1.165, 1.54) is 0 Å². The lowest BCUT2D eigenvalue weighted by Gasteiger charge is -2.36. The van der Waals surface area contributed by atoms with Crippen molar-refractivity contribution >= 4 is 24.2 Å². The van der Waals surface area contributed by atoms with Gasteiger partial charge in [-0.25, -0.2) is 0 Å². The molecule has 2 heterocycles. The van der Waals surface area contributed by atoms with E-state index in [-0.39, 0.29) is 18.3 Å². The average molecular weight is 278 g/mol. The van der Waals surface area contributed by atoms with Gasteiger partial charge in [0.25, 0.3) is 5.91 Å². The van der Waals surface area contributed by atoms with Crippen LogP contribution in [0.5, 0.6) is 0 Å². The number of primary amides is 1. The van der Waals surface area contributed by atoms with E-state index in [4.69, 9.17) is 10.5 Å². The summed E-state index contributed by atoms with van der Waals surface area (Å²) in [5.74, 6) is -0.525. The molecule has 6 nitrogen and oxygen atoms in total. The van der Waals surface area contributed by atoms with Gasteiger partial charge in [0.05, 0.1) is 6.61 Å². The largest absolute Gasteiger partial charge is 0.368 e. The molecule has 0 aliphatic carbocycles. The van der Waals surface area contributed by atoms with Crippen LogP contribution in [0.25, 0.3) is 0 Å². The molecule has 0 aromatic carbocycles. The van der Waals surface area contributed by atoms with Crippen molar-refractivity contribution < 1.29 is 14.3 Å². The lowest BCUT2D eigenvalue weighted by molar-refractivity contribution is -0.152. The number of carbonyl (C=O) groups excluding carboxylic acids is 2. The van der Waals surface area contributed by atoms with Gasteiger partial charge < -0.3 is 20.7 Å². The highest BCUT2D eigenvalue weighted by molar-refractivity contribution is 5.89. The molecule has 0 saturated carbocycles. The molecule has 0 spiro atoms. The average Bonchev–Trinajstić information content (AvgIpc) is 2.39. The molecule has 104 valence electrons. The zero-order valence-corrected chi connectivity index (χ0v) is 11.1. The summed E-state index contributed by atoms with van der Waals surface area (Å²) in [7, 11) is 0. The second-order valence-electron chi connectivity index (χ2n) is 4.51. The molecule has 2 aliphatic heterocycles. The van der Waals surface area contributed by atoms with Crippen LogP contribution in [0.15, 0.2) is 0 Å². The normalized spacial score (nSPS) is 28.3. The Hall–Kier alpha value is -0.850. The number of halogens is 1. The van der Waals surface area contributed by atoms with Crippen LogP contribution in [0.2, 0.25) is 0 Å². The number of hydrogen-bond donors (Lipinski definition) is 2. The quantitative estimate of drug-likeness (QED) is 0.696. The molecule has 2 aliphatic rings. The smallest absolute Gasteiger partial charge is 0.253 e. The highest BCUT2D eigenvalue weighted by Crippen LogP contribution is 2.18. The van der Waals surface area contributed by atoms with Gasteiger partial charge >= 0.3 is 0 Å². The molecule has 0 aromatic heterocycles. The number of nitrogens with two attached hydrogens (primary N) is 1. The first kappa shape index (κ1) is 15.2. The third-order valence-corrected chi connectivity index (χ3v) is 3.32. The molecular weight excluding hydrogens is 258 g/mol. The summed E-state index contributed by atoms with van der Waals surface area (Å²) in [6.45, 7) is 2.42. The zero-order valence-electron chi connectivity index (χ0n) is 10.3. The van der Waals surface area contributed by atoms with Gasteiger partial charge in [-0.15, -0.1) is 12.4 Å². The van der Waals surface area contributed by atoms with Crippen molar-refractivity contribution in [2.24, 2.45) is 5.73 Å². The summed E-state index contributed by atoms with van der Waals surface area (Å²) in [5, 5.41) is 3.11. The van der Waals surface area contributed by atoms with Crippen molar-refractivity contribution in [3.63, 3.8) is 0 Å². The fraction of sp³-hybridized carbons (Fsp3) is 0.818. The first-order chi connectivity index (χ1) is 8.20. The third kappa shape index (κ3) is 3.34. The monoisotopic (exact) mass is 277 g/mol. The molecule has 3 N–H and O–H groups in total. The maximum atomic E-state index is 12.2. The van der Waals surface area contributed by atoms with Crippen LogP contribution < -0.4 is 11.1 Å². The zero-order chi connectivity index (χ0) is 12.3. The number of nitrogens with zero attached hydrogens (tertiary/aromatic N) is 1. The van der Waals surface area contributed by atoms with Crippen LogP contribution in [0, 0.1) is 0 Å². The molecule has 2 rings (SSSR count). The summed E-state index contributed by atoms with van der Waals surface area (Å²) in [6, 6.07) is -0.457. The minimum Gasteiger partial charge on any atom is -0.368 e. The van der Waals surface area contributed by atoms with Gasteiger partial charge in [0.1, 0.15) is 12.1 Å². The van der Waals surface area contributed by atoms with Crippen molar-refractivity contribution in [2.45, 2.75) is 31.4 Å². The fourth-order valence-corrected chi connectivity index (χ4v) is 2.40. The van der Waals surface area contributed by atoms with Crippen LogP contribution >= 0.6 is 12.4 Å². The highest BCUT2D eigenvalue weighted by atomic mass is 35.5. The number of carbonyl (C=O) groups is 2. The molecular formula is C11H20ClN3O3.